The predicted octanol–water partition coefficient (Wildman–Crippen LogP) is 4.12. The van der Waals surface area contributed by atoms with E-state index in [1.807, 2.05) is 0 Å². The summed E-state index contributed by atoms with van der Waals surface area (Å²) in [5.74, 6) is -0.885. The number of thioether (sulfide) groups is 1. The number of urea groups is 1. The smallest absolute Gasteiger partial charge is 0.321 e. The molecular weight excluding hydrogens is 339 g/mol. The SMILES string of the molecule is C[C@@H](Sc1ccc(F)c(Cl)c1)C(=O)NC(=O)NC1CCCCC1. The summed E-state index contributed by atoms with van der Waals surface area (Å²) in [4.78, 5) is 24.6. The van der Waals surface area contributed by atoms with Crippen molar-refractivity contribution in [2.24, 2.45) is 0 Å². The summed E-state index contributed by atoms with van der Waals surface area (Å²) in [5.41, 5.74) is 0. The van der Waals surface area contributed by atoms with Gasteiger partial charge in [-0.2, -0.15) is 0 Å². The number of carbonyl (C=O) groups is 2. The molecule has 4 nitrogen and oxygen atoms in total. The highest BCUT2D eigenvalue weighted by molar-refractivity contribution is 8.00. The minimum atomic E-state index is -0.500. The first-order chi connectivity index (χ1) is 11.0. The van der Waals surface area contributed by atoms with Crippen molar-refractivity contribution >= 4 is 35.3 Å². The van der Waals surface area contributed by atoms with Crippen LogP contribution >= 0.6 is 23.4 Å². The number of benzene rings is 1. The van der Waals surface area contributed by atoms with Gasteiger partial charge in [-0.1, -0.05) is 30.9 Å². The molecule has 1 fully saturated rings. The van der Waals surface area contributed by atoms with Crippen LogP contribution in [0.15, 0.2) is 23.1 Å². The third-order valence-corrected chi connectivity index (χ3v) is 5.13. The van der Waals surface area contributed by atoms with E-state index in [0.29, 0.717) is 4.90 Å². The van der Waals surface area contributed by atoms with E-state index in [0.717, 1.165) is 25.7 Å². The van der Waals surface area contributed by atoms with Crippen molar-refractivity contribution in [2.75, 3.05) is 0 Å². The fourth-order valence-corrected chi connectivity index (χ4v) is 3.64. The van der Waals surface area contributed by atoms with E-state index in [1.165, 1.54) is 30.3 Å². The summed E-state index contributed by atoms with van der Waals surface area (Å²) in [6.07, 6.45) is 5.33. The van der Waals surface area contributed by atoms with Crippen LogP contribution in [0.4, 0.5) is 9.18 Å². The number of imide groups is 1. The lowest BCUT2D eigenvalue weighted by atomic mass is 9.96. The minimum absolute atomic E-state index is 0.0117. The molecule has 1 atom stereocenters. The fraction of sp³-hybridized carbons (Fsp3) is 0.500. The predicted molar refractivity (Wildman–Crippen MR) is 90.3 cm³/mol. The van der Waals surface area contributed by atoms with Crippen molar-refractivity contribution in [3.05, 3.63) is 29.0 Å². The summed E-state index contributed by atoms with van der Waals surface area (Å²) in [6, 6.07) is 3.97. The average Bonchev–Trinajstić information content (AvgIpc) is 2.51. The number of hydrogen-bond donors (Lipinski definition) is 2. The molecule has 1 aromatic carbocycles. The molecule has 1 saturated carbocycles. The van der Waals surface area contributed by atoms with Crippen molar-refractivity contribution in [1.29, 1.82) is 0 Å². The molecule has 1 aromatic rings. The maximum Gasteiger partial charge on any atom is 0.321 e. The van der Waals surface area contributed by atoms with Gasteiger partial charge >= 0.3 is 6.03 Å². The molecule has 0 radical (unpaired) electrons. The average molecular weight is 359 g/mol. The first-order valence-corrected chi connectivity index (χ1v) is 8.94. The number of amides is 3. The molecule has 23 heavy (non-hydrogen) atoms. The van der Waals surface area contributed by atoms with Crippen molar-refractivity contribution in [1.82, 2.24) is 10.6 Å². The topological polar surface area (TPSA) is 58.2 Å². The van der Waals surface area contributed by atoms with Gasteiger partial charge in [0, 0.05) is 10.9 Å². The summed E-state index contributed by atoms with van der Waals surface area (Å²) in [6.45, 7) is 1.69. The quantitative estimate of drug-likeness (QED) is 0.796. The molecule has 2 N–H and O–H groups in total. The van der Waals surface area contributed by atoms with Crippen LogP contribution in [-0.2, 0) is 4.79 Å². The Hall–Kier alpha value is -1.27. The zero-order chi connectivity index (χ0) is 16.8. The van der Waals surface area contributed by atoms with Gasteiger partial charge < -0.3 is 5.32 Å². The molecule has 0 spiro atoms. The second-order valence-corrected chi connectivity index (χ2v) is 7.46. The lowest BCUT2D eigenvalue weighted by molar-refractivity contribution is -0.119. The molecule has 0 aliphatic heterocycles. The molecule has 3 amide bonds. The van der Waals surface area contributed by atoms with Crippen LogP contribution in [0.2, 0.25) is 5.02 Å². The first-order valence-electron chi connectivity index (χ1n) is 7.69. The fourth-order valence-electron chi connectivity index (χ4n) is 2.49. The highest BCUT2D eigenvalue weighted by atomic mass is 35.5. The van der Waals surface area contributed by atoms with Crippen molar-refractivity contribution in [3.8, 4) is 0 Å². The Morgan fingerprint density at radius 1 is 1.30 bits per heavy atom. The monoisotopic (exact) mass is 358 g/mol. The molecule has 0 unspecified atom stereocenters. The Morgan fingerprint density at radius 2 is 2.00 bits per heavy atom. The Balaban J connectivity index is 1.81. The summed E-state index contributed by atoms with van der Waals surface area (Å²) in [5, 5.41) is 4.71. The van der Waals surface area contributed by atoms with E-state index in [2.05, 4.69) is 10.6 Å². The Bertz CT molecular complexity index is 579. The maximum atomic E-state index is 13.1. The van der Waals surface area contributed by atoms with Gasteiger partial charge in [-0.05, 0) is 38.0 Å². The second kappa shape index (κ2) is 8.55. The van der Waals surface area contributed by atoms with Crippen LogP contribution in [0.3, 0.4) is 0 Å². The van der Waals surface area contributed by atoms with Gasteiger partial charge in [0.25, 0.3) is 0 Å². The van der Waals surface area contributed by atoms with Gasteiger partial charge in [0.2, 0.25) is 5.91 Å². The molecule has 0 saturated heterocycles. The van der Waals surface area contributed by atoms with Crippen molar-refractivity contribution < 1.29 is 14.0 Å². The van der Waals surface area contributed by atoms with Crippen LogP contribution in [0.1, 0.15) is 39.0 Å². The van der Waals surface area contributed by atoms with Gasteiger partial charge in [0.15, 0.2) is 0 Å². The van der Waals surface area contributed by atoms with Crippen LogP contribution in [0.25, 0.3) is 0 Å². The molecule has 0 aromatic heterocycles. The molecule has 0 bridgehead atoms. The van der Waals surface area contributed by atoms with E-state index in [4.69, 9.17) is 11.6 Å². The number of hydrogen-bond acceptors (Lipinski definition) is 3. The lowest BCUT2D eigenvalue weighted by Gasteiger charge is -2.23. The van der Waals surface area contributed by atoms with Gasteiger partial charge in [-0.3, -0.25) is 10.1 Å². The number of nitrogens with one attached hydrogen (secondary N) is 2. The highest BCUT2D eigenvalue weighted by Gasteiger charge is 2.20. The maximum absolute atomic E-state index is 13.1. The van der Waals surface area contributed by atoms with Gasteiger partial charge in [0.1, 0.15) is 5.82 Å². The molecule has 7 heteroatoms. The largest absolute Gasteiger partial charge is 0.335 e. The second-order valence-electron chi connectivity index (χ2n) is 5.63. The molecular formula is C16H20ClFN2O2S. The minimum Gasteiger partial charge on any atom is -0.335 e. The number of carbonyl (C=O) groups excluding carboxylic acids is 2. The van der Waals surface area contributed by atoms with Gasteiger partial charge in [-0.25, -0.2) is 9.18 Å². The van der Waals surface area contributed by atoms with E-state index < -0.39 is 17.1 Å². The Morgan fingerprint density at radius 3 is 2.65 bits per heavy atom. The van der Waals surface area contributed by atoms with E-state index >= 15 is 0 Å². The normalized spacial score (nSPS) is 16.7. The third kappa shape index (κ3) is 5.70. The zero-order valence-electron chi connectivity index (χ0n) is 12.9. The summed E-state index contributed by atoms with van der Waals surface area (Å²) >= 11 is 6.94. The molecule has 126 valence electrons. The van der Waals surface area contributed by atoms with Crippen LogP contribution in [-0.4, -0.2) is 23.2 Å². The third-order valence-electron chi connectivity index (χ3n) is 3.75. The Labute approximate surface area is 144 Å². The van der Waals surface area contributed by atoms with E-state index in [9.17, 15) is 14.0 Å². The first kappa shape index (κ1) is 18.1. The van der Waals surface area contributed by atoms with Crippen molar-refractivity contribution in [3.63, 3.8) is 0 Å². The summed E-state index contributed by atoms with van der Waals surface area (Å²) in [7, 11) is 0. The molecule has 2 rings (SSSR count). The molecule has 1 aliphatic carbocycles. The van der Waals surface area contributed by atoms with Crippen LogP contribution < -0.4 is 10.6 Å². The van der Waals surface area contributed by atoms with Crippen LogP contribution in [0.5, 0.6) is 0 Å². The van der Waals surface area contributed by atoms with Crippen LogP contribution in [0, 0.1) is 5.82 Å². The standard InChI is InChI=1S/C16H20ClFN2O2S/c1-10(23-12-7-8-14(18)13(17)9-12)15(21)20-16(22)19-11-5-3-2-4-6-11/h7-11H,2-6H2,1H3,(H2,19,20,21,22)/t10-/m1/s1. The number of rotatable bonds is 4. The Kier molecular flexibility index (Phi) is 6.72. The highest BCUT2D eigenvalue weighted by Crippen LogP contribution is 2.27. The summed E-state index contributed by atoms with van der Waals surface area (Å²) < 4.78 is 13.1. The number of halogens is 2. The van der Waals surface area contributed by atoms with Gasteiger partial charge in [-0.15, -0.1) is 11.8 Å². The molecule has 1 aliphatic rings. The van der Waals surface area contributed by atoms with Gasteiger partial charge in [0.05, 0.1) is 10.3 Å². The van der Waals surface area contributed by atoms with E-state index in [-0.39, 0.29) is 17.0 Å². The molecule has 0 heterocycles. The zero-order valence-corrected chi connectivity index (χ0v) is 14.5. The lowest BCUT2D eigenvalue weighted by Crippen LogP contribution is -2.47. The van der Waals surface area contributed by atoms with E-state index in [1.54, 1.807) is 13.0 Å². The van der Waals surface area contributed by atoms with Crippen molar-refractivity contribution in [2.45, 2.75) is 55.2 Å².